The van der Waals surface area contributed by atoms with Crippen LogP contribution in [0.5, 0.6) is 5.75 Å². The van der Waals surface area contributed by atoms with Crippen molar-refractivity contribution in [3.05, 3.63) is 59.4 Å². The highest BCUT2D eigenvalue weighted by atomic mass is 19.2. The Hall–Kier alpha value is -3.03. The van der Waals surface area contributed by atoms with E-state index in [-0.39, 0.29) is 18.9 Å². The fourth-order valence-electron chi connectivity index (χ4n) is 2.17. The summed E-state index contributed by atoms with van der Waals surface area (Å²) in [6.07, 6.45) is 0.0628. The molecule has 26 heavy (non-hydrogen) atoms. The van der Waals surface area contributed by atoms with Gasteiger partial charge in [-0.2, -0.15) is 0 Å². The monoisotopic (exact) mass is 366 g/mol. The van der Waals surface area contributed by atoms with Crippen LogP contribution in [0.25, 0.3) is 0 Å². The number of hydrogen-bond acceptors (Lipinski definition) is 3. The number of rotatable bonds is 6. The zero-order chi connectivity index (χ0) is 19.3. The Bertz CT molecular complexity index is 810. The number of nitrogens with one attached hydrogen (secondary N) is 1. The van der Waals surface area contributed by atoms with Crippen LogP contribution in [0.15, 0.2) is 36.4 Å². The van der Waals surface area contributed by atoms with Crippen LogP contribution in [-0.4, -0.2) is 37.4 Å². The van der Waals surface area contributed by atoms with Gasteiger partial charge in [-0.3, -0.25) is 9.59 Å². The first-order chi connectivity index (χ1) is 12.3. The molecule has 0 saturated heterocycles. The third-order valence-electron chi connectivity index (χ3n) is 3.63. The zero-order valence-electron chi connectivity index (χ0n) is 14.2. The van der Waals surface area contributed by atoms with Crippen LogP contribution in [0.3, 0.4) is 0 Å². The number of anilines is 1. The highest BCUT2D eigenvalue weighted by Gasteiger charge is 2.18. The van der Waals surface area contributed by atoms with Crippen molar-refractivity contribution >= 4 is 17.5 Å². The van der Waals surface area contributed by atoms with Gasteiger partial charge in [0.25, 0.3) is 0 Å². The maximum atomic E-state index is 13.5. The number of halogens is 3. The second-order valence-corrected chi connectivity index (χ2v) is 5.55. The number of nitrogens with zero attached hydrogens (tertiary/aromatic N) is 1. The molecule has 5 nitrogen and oxygen atoms in total. The summed E-state index contributed by atoms with van der Waals surface area (Å²) < 4.78 is 44.6. The predicted octanol–water partition coefficient (Wildman–Crippen LogP) is 2.75. The molecule has 138 valence electrons. The normalized spacial score (nSPS) is 10.3. The smallest absolute Gasteiger partial charge is 0.244 e. The number of carbonyl (C=O) groups is 2. The van der Waals surface area contributed by atoms with Crippen LogP contribution in [0.4, 0.5) is 18.9 Å². The van der Waals surface area contributed by atoms with Crippen molar-refractivity contribution < 1.29 is 27.5 Å². The lowest BCUT2D eigenvalue weighted by Gasteiger charge is -2.17. The Morgan fingerprint density at radius 3 is 2.31 bits per heavy atom. The van der Waals surface area contributed by atoms with Gasteiger partial charge in [-0.1, -0.05) is 12.1 Å². The van der Waals surface area contributed by atoms with Gasteiger partial charge >= 0.3 is 0 Å². The lowest BCUT2D eigenvalue weighted by Crippen LogP contribution is -2.36. The highest BCUT2D eigenvalue weighted by Crippen LogP contribution is 2.19. The van der Waals surface area contributed by atoms with E-state index >= 15 is 0 Å². The van der Waals surface area contributed by atoms with E-state index in [0.29, 0.717) is 11.8 Å². The number of benzene rings is 2. The van der Waals surface area contributed by atoms with E-state index in [2.05, 4.69) is 5.32 Å². The Balaban J connectivity index is 1.93. The van der Waals surface area contributed by atoms with Crippen LogP contribution >= 0.6 is 0 Å². The summed E-state index contributed by atoms with van der Waals surface area (Å²) in [6, 6.07) is 8.47. The number of likely N-dealkylation sites (N-methyl/N-ethyl adjacent to an activating group) is 1. The molecule has 2 amide bonds. The summed E-state index contributed by atoms with van der Waals surface area (Å²) in [4.78, 5) is 25.2. The van der Waals surface area contributed by atoms with Crippen LogP contribution in [-0.2, 0) is 16.0 Å². The molecule has 2 aromatic rings. The molecule has 0 bridgehead atoms. The van der Waals surface area contributed by atoms with Crippen LogP contribution < -0.4 is 10.1 Å². The topological polar surface area (TPSA) is 58.6 Å². The minimum atomic E-state index is -1.67. The Morgan fingerprint density at radius 2 is 1.69 bits per heavy atom. The molecule has 0 saturated carbocycles. The van der Waals surface area contributed by atoms with Gasteiger partial charge in [0.1, 0.15) is 5.75 Å². The van der Waals surface area contributed by atoms with Crippen molar-refractivity contribution in [2.24, 2.45) is 0 Å². The minimum Gasteiger partial charge on any atom is -0.497 e. The van der Waals surface area contributed by atoms with Gasteiger partial charge in [-0.25, -0.2) is 13.2 Å². The average molecular weight is 366 g/mol. The summed E-state index contributed by atoms with van der Waals surface area (Å²) in [5, 5.41) is 2.11. The largest absolute Gasteiger partial charge is 0.497 e. The molecular weight excluding hydrogens is 349 g/mol. The Kier molecular flexibility index (Phi) is 6.21. The molecule has 0 spiro atoms. The quantitative estimate of drug-likeness (QED) is 0.800. The fraction of sp³-hybridized carbons (Fsp3) is 0.222. The maximum absolute atomic E-state index is 13.5. The van der Waals surface area contributed by atoms with Gasteiger partial charge in [0.05, 0.1) is 25.8 Å². The lowest BCUT2D eigenvalue weighted by atomic mass is 10.1. The van der Waals surface area contributed by atoms with Crippen molar-refractivity contribution in [1.82, 2.24) is 4.90 Å². The zero-order valence-corrected chi connectivity index (χ0v) is 14.2. The number of hydrogen-bond donors (Lipinski definition) is 1. The van der Waals surface area contributed by atoms with E-state index in [1.165, 1.54) is 14.2 Å². The van der Waals surface area contributed by atoms with Crippen molar-refractivity contribution in [3.8, 4) is 5.75 Å². The van der Waals surface area contributed by atoms with Crippen LogP contribution in [0.1, 0.15) is 5.56 Å². The maximum Gasteiger partial charge on any atom is 0.244 e. The second-order valence-electron chi connectivity index (χ2n) is 5.55. The van der Waals surface area contributed by atoms with Gasteiger partial charge < -0.3 is 15.0 Å². The predicted molar refractivity (Wildman–Crippen MR) is 89.3 cm³/mol. The van der Waals surface area contributed by atoms with Gasteiger partial charge in [0.15, 0.2) is 17.5 Å². The van der Waals surface area contributed by atoms with Crippen molar-refractivity contribution in [3.63, 3.8) is 0 Å². The molecule has 0 atom stereocenters. The van der Waals surface area contributed by atoms with E-state index in [4.69, 9.17) is 4.74 Å². The molecular formula is C18H17F3N2O3. The summed E-state index contributed by atoms with van der Waals surface area (Å²) in [5.74, 6) is -4.94. The Labute approximate surface area is 148 Å². The molecule has 0 aliphatic heterocycles. The summed E-state index contributed by atoms with van der Waals surface area (Å²) in [6.45, 7) is -0.368. The Morgan fingerprint density at radius 1 is 1.04 bits per heavy atom. The first-order valence-electron chi connectivity index (χ1n) is 7.62. The molecule has 8 heteroatoms. The fourth-order valence-corrected chi connectivity index (χ4v) is 2.17. The molecule has 0 unspecified atom stereocenters. The highest BCUT2D eigenvalue weighted by molar-refractivity contribution is 5.94. The first-order valence-corrected chi connectivity index (χ1v) is 7.62. The molecule has 0 aliphatic carbocycles. The van der Waals surface area contributed by atoms with E-state index in [1.54, 1.807) is 24.3 Å². The average Bonchev–Trinajstić information content (AvgIpc) is 2.62. The van der Waals surface area contributed by atoms with Crippen LogP contribution in [0.2, 0.25) is 0 Å². The van der Waals surface area contributed by atoms with Crippen molar-refractivity contribution in [2.75, 3.05) is 26.0 Å². The summed E-state index contributed by atoms with van der Waals surface area (Å²) in [7, 11) is 2.94. The molecule has 0 radical (unpaired) electrons. The molecule has 0 aliphatic rings. The number of methoxy groups -OCH3 is 1. The summed E-state index contributed by atoms with van der Waals surface area (Å²) >= 11 is 0. The van der Waals surface area contributed by atoms with Gasteiger partial charge in [0, 0.05) is 7.05 Å². The third kappa shape index (κ3) is 4.75. The van der Waals surface area contributed by atoms with E-state index in [9.17, 15) is 22.8 Å². The number of amides is 2. The molecule has 2 rings (SSSR count). The molecule has 1 N–H and O–H groups in total. The van der Waals surface area contributed by atoms with Gasteiger partial charge in [-0.15, -0.1) is 0 Å². The number of ether oxygens (including phenoxy) is 1. The second kappa shape index (κ2) is 8.37. The summed E-state index contributed by atoms with van der Waals surface area (Å²) in [5.41, 5.74) is 0.236. The number of carbonyl (C=O) groups excluding carboxylic acids is 2. The molecule has 0 aromatic heterocycles. The van der Waals surface area contributed by atoms with Gasteiger partial charge in [0.2, 0.25) is 11.8 Å². The van der Waals surface area contributed by atoms with Crippen molar-refractivity contribution in [1.29, 1.82) is 0 Å². The van der Waals surface area contributed by atoms with Crippen molar-refractivity contribution in [2.45, 2.75) is 6.42 Å². The third-order valence-corrected chi connectivity index (χ3v) is 3.63. The van der Waals surface area contributed by atoms with Gasteiger partial charge in [-0.05, 0) is 29.8 Å². The van der Waals surface area contributed by atoms with E-state index < -0.39 is 29.0 Å². The standard InChI is InChI=1S/C18H17F3N2O3/c1-23(16(25)9-11-3-5-12(26-2)6-4-11)10-15(24)22-14-8-7-13(19)17(20)18(14)21/h3-8H,9-10H2,1-2H3,(H,22,24). The first kappa shape index (κ1) is 19.3. The van der Waals surface area contributed by atoms with E-state index in [0.717, 1.165) is 16.5 Å². The van der Waals surface area contributed by atoms with Crippen LogP contribution in [0, 0.1) is 17.5 Å². The molecule has 0 heterocycles. The van der Waals surface area contributed by atoms with E-state index in [1.807, 2.05) is 0 Å². The minimum absolute atomic E-state index is 0.0628. The molecule has 0 fully saturated rings. The lowest BCUT2D eigenvalue weighted by molar-refractivity contribution is -0.132. The molecule has 2 aromatic carbocycles. The SMILES string of the molecule is COc1ccc(CC(=O)N(C)CC(=O)Nc2ccc(F)c(F)c2F)cc1.